The summed E-state index contributed by atoms with van der Waals surface area (Å²) in [4.78, 5) is 23.6. The van der Waals surface area contributed by atoms with Gasteiger partial charge in [0.05, 0.1) is 25.5 Å². The van der Waals surface area contributed by atoms with Crippen LogP contribution in [-0.4, -0.2) is 38.8 Å². The van der Waals surface area contributed by atoms with Gasteiger partial charge in [-0.2, -0.15) is 5.10 Å². The largest absolute Gasteiger partial charge is 0.493 e. The molecule has 0 aromatic heterocycles. The molecule has 0 fully saturated rings. The number of methoxy groups -OCH3 is 2. The maximum absolute atomic E-state index is 13.6. The summed E-state index contributed by atoms with van der Waals surface area (Å²) in [6, 6.07) is 9.65. The Kier molecular flexibility index (Phi) is 8.42. The van der Waals surface area contributed by atoms with E-state index >= 15 is 0 Å². The van der Waals surface area contributed by atoms with Gasteiger partial charge in [0.2, 0.25) is 11.8 Å². The highest BCUT2D eigenvalue weighted by Gasteiger charge is 2.10. The minimum atomic E-state index is -0.627. The zero-order valence-corrected chi connectivity index (χ0v) is 16.8. The molecule has 7 nitrogen and oxygen atoms in total. The van der Waals surface area contributed by atoms with Gasteiger partial charge in [-0.25, -0.2) is 9.82 Å². The quantitative estimate of drug-likeness (QED) is 0.370. The van der Waals surface area contributed by atoms with Gasteiger partial charge in [-0.05, 0) is 36.2 Å². The predicted molar refractivity (Wildman–Crippen MR) is 108 cm³/mol. The Hall–Kier alpha value is -3.13. The topological polar surface area (TPSA) is 89.0 Å². The van der Waals surface area contributed by atoms with E-state index in [0.717, 1.165) is 11.8 Å². The SMILES string of the molecule is COc1ccc(CCNC(=O)CC(=O)N/N=C\c2c(F)cccc2Cl)cc1OC. The summed E-state index contributed by atoms with van der Waals surface area (Å²) >= 11 is 5.85. The van der Waals surface area contributed by atoms with Crippen molar-refractivity contribution in [3.63, 3.8) is 0 Å². The van der Waals surface area contributed by atoms with Crippen molar-refractivity contribution < 1.29 is 23.5 Å². The smallest absolute Gasteiger partial charge is 0.249 e. The normalized spacial score (nSPS) is 10.6. The molecule has 9 heteroatoms. The fourth-order valence-electron chi connectivity index (χ4n) is 2.43. The second-order valence-corrected chi connectivity index (χ2v) is 6.30. The van der Waals surface area contributed by atoms with E-state index in [0.29, 0.717) is 24.5 Å². The van der Waals surface area contributed by atoms with E-state index in [4.69, 9.17) is 21.1 Å². The molecule has 0 radical (unpaired) electrons. The number of hydrogen-bond donors (Lipinski definition) is 2. The van der Waals surface area contributed by atoms with Crippen LogP contribution in [0.4, 0.5) is 4.39 Å². The van der Waals surface area contributed by atoms with E-state index in [1.165, 1.54) is 18.2 Å². The lowest BCUT2D eigenvalue weighted by atomic mass is 10.1. The molecule has 2 amide bonds. The molecule has 0 aliphatic heterocycles. The number of carbonyl (C=O) groups excluding carboxylic acids is 2. The van der Waals surface area contributed by atoms with E-state index in [9.17, 15) is 14.0 Å². The number of benzene rings is 2. The summed E-state index contributed by atoms with van der Waals surface area (Å²) in [6.45, 7) is 0.343. The van der Waals surface area contributed by atoms with Crippen LogP contribution in [0.2, 0.25) is 5.02 Å². The highest BCUT2D eigenvalue weighted by atomic mass is 35.5. The molecule has 2 aromatic rings. The molecular weight excluding hydrogens is 401 g/mol. The zero-order chi connectivity index (χ0) is 21.2. The van der Waals surface area contributed by atoms with Gasteiger partial charge in [0.25, 0.3) is 0 Å². The van der Waals surface area contributed by atoms with Crippen molar-refractivity contribution >= 4 is 29.6 Å². The standard InChI is InChI=1S/C20H21ClFN3O4/c1-28-17-7-6-13(10-18(17)29-2)8-9-23-19(26)11-20(27)25-24-12-14-15(21)4-3-5-16(14)22/h3-7,10,12H,8-9,11H2,1-2H3,(H,23,26)(H,25,27)/b24-12-. The molecule has 0 saturated heterocycles. The number of carbonyl (C=O) groups is 2. The minimum absolute atomic E-state index is 0.0498. The lowest BCUT2D eigenvalue weighted by molar-refractivity contribution is -0.129. The van der Waals surface area contributed by atoms with Gasteiger partial charge in [0.1, 0.15) is 12.2 Å². The Morgan fingerprint density at radius 2 is 1.90 bits per heavy atom. The third-order valence-electron chi connectivity index (χ3n) is 3.89. The molecule has 0 spiro atoms. The van der Waals surface area contributed by atoms with Crippen LogP contribution in [0.5, 0.6) is 11.5 Å². The molecule has 2 rings (SSSR count). The van der Waals surface area contributed by atoms with Crippen molar-refractivity contribution in [3.05, 3.63) is 58.4 Å². The van der Waals surface area contributed by atoms with Gasteiger partial charge in [-0.3, -0.25) is 9.59 Å². The van der Waals surface area contributed by atoms with Crippen molar-refractivity contribution in [2.24, 2.45) is 5.10 Å². The molecule has 0 atom stereocenters. The molecule has 0 aliphatic rings. The second-order valence-electron chi connectivity index (χ2n) is 5.89. The lowest BCUT2D eigenvalue weighted by Crippen LogP contribution is -2.31. The van der Waals surface area contributed by atoms with Gasteiger partial charge < -0.3 is 14.8 Å². The van der Waals surface area contributed by atoms with Crippen molar-refractivity contribution in [1.82, 2.24) is 10.7 Å². The number of nitrogens with one attached hydrogen (secondary N) is 2. The summed E-state index contributed by atoms with van der Waals surface area (Å²) < 4.78 is 24.0. The van der Waals surface area contributed by atoms with Crippen LogP contribution in [0, 0.1) is 5.82 Å². The zero-order valence-electron chi connectivity index (χ0n) is 16.0. The van der Waals surface area contributed by atoms with Crippen LogP contribution in [0.25, 0.3) is 0 Å². The molecule has 2 N–H and O–H groups in total. The second kappa shape index (κ2) is 11.0. The molecular formula is C20H21ClFN3O4. The summed E-state index contributed by atoms with van der Waals surface area (Å²) in [5.74, 6) is -0.430. The predicted octanol–water partition coefficient (Wildman–Crippen LogP) is 2.70. The van der Waals surface area contributed by atoms with Crippen LogP contribution in [0.15, 0.2) is 41.5 Å². The Morgan fingerprint density at radius 3 is 2.59 bits per heavy atom. The Balaban J connectivity index is 1.76. The van der Waals surface area contributed by atoms with Gasteiger partial charge in [0, 0.05) is 12.1 Å². The highest BCUT2D eigenvalue weighted by Crippen LogP contribution is 2.27. The first-order chi connectivity index (χ1) is 13.9. The molecule has 0 bridgehead atoms. The first kappa shape index (κ1) is 22.2. The summed E-state index contributed by atoms with van der Waals surface area (Å²) in [5, 5.41) is 6.44. The minimum Gasteiger partial charge on any atom is -0.493 e. The lowest BCUT2D eigenvalue weighted by Gasteiger charge is -2.10. The summed E-state index contributed by atoms with van der Waals surface area (Å²) in [7, 11) is 3.10. The molecule has 2 aromatic carbocycles. The van der Waals surface area contributed by atoms with Gasteiger partial charge in [-0.1, -0.05) is 23.7 Å². The number of hydrazone groups is 1. The van der Waals surface area contributed by atoms with E-state index < -0.39 is 24.1 Å². The Bertz CT molecular complexity index is 885. The maximum Gasteiger partial charge on any atom is 0.249 e. The molecule has 29 heavy (non-hydrogen) atoms. The third kappa shape index (κ3) is 6.76. The number of amides is 2. The molecule has 0 heterocycles. The fourth-order valence-corrected chi connectivity index (χ4v) is 2.64. The first-order valence-electron chi connectivity index (χ1n) is 8.68. The highest BCUT2D eigenvalue weighted by molar-refractivity contribution is 6.33. The molecule has 0 aliphatic carbocycles. The first-order valence-corrected chi connectivity index (χ1v) is 9.06. The summed E-state index contributed by atoms with van der Waals surface area (Å²) in [5.41, 5.74) is 3.16. The third-order valence-corrected chi connectivity index (χ3v) is 4.22. The maximum atomic E-state index is 13.6. The van der Waals surface area contributed by atoms with E-state index in [1.807, 2.05) is 12.1 Å². The van der Waals surface area contributed by atoms with E-state index in [-0.39, 0.29) is 10.6 Å². The number of ether oxygens (including phenoxy) is 2. The van der Waals surface area contributed by atoms with Crippen LogP contribution >= 0.6 is 11.6 Å². The number of nitrogens with zero attached hydrogens (tertiary/aromatic N) is 1. The van der Waals surface area contributed by atoms with Crippen LogP contribution in [0.1, 0.15) is 17.5 Å². The van der Waals surface area contributed by atoms with Gasteiger partial charge in [-0.15, -0.1) is 0 Å². The van der Waals surface area contributed by atoms with Gasteiger partial charge in [0.15, 0.2) is 11.5 Å². The monoisotopic (exact) mass is 421 g/mol. The number of hydrogen-bond acceptors (Lipinski definition) is 5. The van der Waals surface area contributed by atoms with Crippen molar-refractivity contribution in [3.8, 4) is 11.5 Å². The van der Waals surface area contributed by atoms with Crippen LogP contribution < -0.4 is 20.2 Å². The average Bonchev–Trinajstić information content (AvgIpc) is 2.70. The molecule has 0 saturated carbocycles. The van der Waals surface area contributed by atoms with Gasteiger partial charge >= 0.3 is 0 Å². The molecule has 154 valence electrons. The number of halogens is 2. The van der Waals surface area contributed by atoms with Crippen molar-refractivity contribution in [2.75, 3.05) is 20.8 Å². The van der Waals surface area contributed by atoms with Crippen LogP contribution in [0.3, 0.4) is 0 Å². The summed E-state index contributed by atoms with van der Waals surface area (Å²) in [6.07, 6.45) is 1.23. The van der Waals surface area contributed by atoms with Crippen molar-refractivity contribution in [1.29, 1.82) is 0 Å². The van der Waals surface area contributed by atoms with Crippen LogP contribution in [-0.2, 0) is 16.0 Å². The average molecular weight is 422 g/mol. The van der Waals surface area contributed by atoms with E-state index in [2.05, 4.69) is 15.8 Å². The Morgan fingerprint density at radius 1 is 1.14 bits per heavy atom. The van der Waals surface area contributed by atoms with E-state index in [1.54, 1.807) is 20.3 Å². The molecule has 0 unspecified atom stereocenters. The Labute approximate surface area is 172 Å². The fraction of sp³-hybridized carbons (Fsp3) is 0.250. The number of rotatable bonds is 9. The van der Waals surface area contributed by atoms with Crippen molar-refractivity contribution in [2.45, 2.75) is 12.8 Å².